The van der Waals surface area contributed by atoms with Crippen molar-refractivity contribution in [2.24, 2.45) is 0 Å². The fourth-order valence-corrected chi connectivity index (χ4v) is 3.33. The summed E-state index contributed by atoms with van der Waals surface area (Å²) in [5, 5.41) is 11.4. The summed E-state index contributed by atoms with van der Waals surface area (Å²) in [7, 11) is 1.57. The number of hydrogen-bond donors (Lipinski definition) is 1. The minimum absolute atomic E-state index is 0.0101. The topological polar surface area (TPSA) is 89.4 Å². The number of benzene rings is 1. The van der Waals surface area contributed by atoms with E-state index < -0.39 is 0 Å². The number of aromatic nitrogens is 3. The summed E-state index contributed by atoms with van der Waals surface area (Å²) in [6, 6.07) is 7.33. The molecule has 2 amide bonds. The Morgan fingerprint density at radius 1 is 1.32 bits per heavy atom. The number of amides is 2. The number of carbonyl (C=O) groups excluding carboxylic acids is 2. The van der Waals surface area contributed by atoms with Crippen molar-refractivity contribution in [3.05, 3.63) is 46.7 Å². The number of ether oxygens (including phenoxy) is 1. The van der Waals surface area contributed by atoms with Crippen molar-refractivity contribution in [3.63, 3.8) is 0 Å². The number of methoxy groups -OCH3 is 1. The first-order chi connectivity index (χ1) is 13.6. The molecule has 1 aromatic heterocycles. The molecular formula is C19H24ClN5O3. The number of carbonyl (C=O) groups is 2. The zero-order valence-electron chi connectivity index (χ0n) is 15.8. The Bertz CT molecular complexity index is 808. The second-order valence-electron chi connectivity index (χ2n) is 6.77. The van der Waals surface area contributed by atoms with Crippen LogP contribution >= 0.6 is 11.6 Å². The fraction of sp³-hybridized carbons (Fsp3) is 0.474. The van der Waals surface area contributed by atoms with Gasteiger partial charge in [0.2, 0.25) is 5.91 Å². The van der Waals surface area contributed by atoms with Crippen LogP contribution in [0.1, 0.15) is 34.9 Å². The van der Waals surface area contributed by atoms with Crippen molar-refractivity contribution < 1.29 is 14.3 Å². The molecule has 2 heterocycles. The van der Waals surface area contributed by atoms with E-state index in [9.17, 15) is 9.59 Å². The molecule has 8 nitrogen and oxygen atoms in total. The molecule has 1 aliphatic rings. The number of rotatable bonds is 7. The molecule has 0 radical (unpaired) electrons. The normalized spacial score (nSPS) is 16.8. The van der Waals surface area contributed by atoms with Gasteiger partial charge in [0.1, 0.15) is 0 Å². The molecule has 3 rings (SSSR count). The summed E-state index contributed by atoms with van der Waals surface area (Å²) in [6.45, 7) is 2.13. The second-order valence-corrected chi connectivity index (χ2v) is 7.21. The summed E-state index contributed by atoms with van der Waals surface area (Å²) >= 11 is 5.90. The van der Waals surface area contributed by atoms with Crippen LogP contribution in [0.4, 0.5) is 0 Å². The standard InChI is InChI=1S/C19H24ClN5O3/c1-28-10-8-21-19(27)17-13-25(23-22-17)16-3-2-9-24(12-16)18(26)11-14-4-6-15(20)7-5-14/h4-7,13,16H,2-3,8-12H2,1H3,(H,21,27)/t16-/m1/s1. The Morgan fingerprint density at radius 2 is 2.11 bits per heavy atom. The molecule has 9 heteroatoms. The number of halogens is 1. The molecule has 0 bridgehead atoms. The van der Waals surface area contributed by atoms with Gasteiger partial charge in [-0.25, -0.2) is 4.68 Å². The van der Waals surface area contributed by atoms with Crippen molar-refractivity contribution in [1.82, 2.24) is 25.2 Å². The number of hydrogen-bond acceptors (Lipinski definition) is 5. The molecule has 2 aromatic rings. The van der Waals surface area contributed by atoms with Gasteiger partial charge in [-0.3, -0.25) is 9.59 Å². The monoisotopic (exact) mass is 405 g/mol. The van der Waals surface area contributed by atoms with Crippen molar-refractivity contribution in [2.45, 2.75) is 25.3 Å². The van der Waals surface area contributed by atoms with E-state index in [1.54, 1.807) is 30.1 Å². The average Bonchev–Trinajstić information content (AvgIpc) is 3.20. The average molecular weight is 406 g/mol. The number of likely N-dealkylation sites (tertiary alicyclic amines) is 1. The highest BCUT2D eigenvalue weighted by Crippen LogP contribution is 2.22. The largest absolute Gasteiger partial charge is 0.383 e. The Kier molecular flexibility index (Phi) is 7.00. The maximum absolute atomic E-state index is 12.7. The molecule has 0 spiro atoms. The second kappa shape index (κ2) is 9.66. The summed E-state index contributed by atoms with van der Waals surface area (Å²) in [4.78, 5) is 26.6. The SMILES string of the molecule is COCCNC(=O)c1cn([C@@H]2CCCN(C(=O)Cc3ccc(Cl)cc3)C2)nn1. The van der Waals surface area contributed by atoms with Gasteiger partial charge in [-0.05, 0) is 30.5 Å². The van der Waals surface area contributed by atoms with Crippen molar-refractivity contribution >= 4 is 23.4 Å². The molecule has 1 aromatic carbocycles. The van der Waals surface area contributed by atoms with Crippen LogP contribution < -0.4 is 5.32 Å². The van der Waals surface area contributed by atoms with Gasteiger partial charge < -0.3 is 15.0 Å². The highest BCUT2D eigenvalue weighted by Gasteiger charge is 2.26. The first-order valence-corrected chi connectivity index (χ1v) is 9.66. The lowest BCUT2D eigenvalue weighted by atomic mass is 10.0. The molecule has 0 unspecified atom stereocenters. The van der Waals surface area contributed by atoms with Gasteiger partial charge in [0.25, 0.3) is 5.91 Å². The third-order valence-electron chi connectivity index (χ3n) is 4.73. The molecule has 1 aliphatic heterocycles. The van der Waals surface area contributed by atoms with E-state index in [0.717, 1.165) is 24.9 Å². The Morgan fingerprint density at radius 3 is 2.86 bits per heavy atom. The molecule has 0 aliphatic carbocycles. The molecule has 1 atom stereocenters. The predicted octanol–water partition coefficient (Wildman–Crippen LogP) is 1.71. The van der Waals surface area contributed by atoms with Crippen LogP contribution in [0.2, 0.25) is 5.02 Å². The van der Waals surface area contributed by atoms with Crippen LogP contribution in [-0.2, 0) is 16.0 Å². The lowest BCUT2D eigenvalue weighted by Gasteiger charge is -2.32. The van der Waals surface area contributed by atoms with Crippen LogP contribution in [0, 0.1) is 0 Å². The van der Waals surface area contributed by atoms with Gasteiger partial charge in [-0.15, -0.1) is 5.10 Å². The minimum atomic E-state index is -0.283. The van der Waals surface area contributed by atoms with Crippen LogP contribution in [0.5, 0.6) is 0 Å². The smallest absolute Gasteiger partial charge is 0.273 e. The summed E-state index contributed by atoms with van der Waals surface area (Å²) in [5.74, 6) is -0.209. The summed E-state index contributed by atoms with van der Waals surface area (Å²) < 4.78 is 6.60. The fourth-order valence-electron chi connectivity index (χ4n) is 3.20. The summed E-state index contributed by atoms with van der Waals surface area (Å²) in [5.41, 5.74) is 1.20. The maximum atomic E-state index is 12.7. The zero-order chi connectivity index (χ0) is 19.9. The van der Waals surface area contributed by atoms with Crippen LogP contribution in [0.15, 0.2) is 30.5 Å². The van der Waals surface area contributed by atoms with Gasteiger partial charge in [0, 0.05) is 31.8 Å². The van der Waals surface area contributed by atoms with Crippen LogP contribution in [-0.4, -0.2) is 65.1 Å². The van der Waals surface area contributed by atoms with Gasteiger partial charge in [0.05, 0.1) is 25.3 Å². The zero-order valence-corrected chi connectivity index (χ0v) is 16.6. The molecule has 1 N–H and O–H groups in total. The third-order valence-corrected chi connectivity index (χ3v) is 4.98. The van der Waals surface area contributed by atoms with Gasteiger partial charge >= 0.3 is 0 Å². The maximum Gasteiger partial charge on any atom is 0.273 e. The van der Waals surface area contributed by atoms with E-state index in [4.69, 9.17) is 16.3 Å². The van der Waals surface area contributed by atoms with E-state index in [1.807, 2.05) is 17.0 Å². The van der Waals surface area contributed by atoms with E-state index in [2.05, 4.69) is 15.6 Å². The predicted molar refractivity (Wildman–Crippen MR) is 104 cm³/mol. The van der Waals surface area contributed by atoms with Crippen LogP contribution in [0.25, 0.3) is 0 Å². The first kappa shape index (κ1) is 20.3. The van der Waals surface area contributed by atoms with Crippen molar-refractivity contribution in [1.29, 1.82) is 0 Å². The highest BCUT2D eigenvalue weighted by molar-refractivity contribution is 6.30. The van der Waals surface area contributed by atoms with Crippen LogP contribution in [0.3, 0.4) is 0 Å². The number of nitrogens with one attached hydrogen (secondary N) is 1. The van der Waals surface area contributed by atoms with Crippen molar-refractivity contribution in [3.8, 4) is 0 Å². The Hall–Kier alpha value is -2.45. The Balaban J connectivity index is 1.58. The lowest BCUT2D eigenvalue weighted by Crippen LogP contribution is -2.41. The molecule has 0 saturated carbocycles. The van der Waals surface area contributed by atoms with Crippen molar-refractivity contribution in [2.75, 3.05) is 33.4 Å². The van der Waals surface area contributed by atoms with E-state index in [-0.39, 0.29) is 23.6 Å². The molecule has 1 saturated heterocycles. The first-order valence-electron chi connectivity index (χ1n) is 9.28. The Labute approximate surface area is 168 Å². The lowest BCUT2D eigenvalue weighted by molar-refractivity contribution is -0.132. The molecule has 28 heavy (non-hydrogen) atoms. The minimum Gasteiger partial charge on any atom is -0.383 e. The van der Waals surface area contributed by atoms with E-state index in [1.165, 1.54) is 0 Å². The van der Waals surface area contributed by atoms with Gasteiger partial charge in [-0.2, -0.15) is 0 Å². The number of nitrogens with zero attached hydrogens (tertiary/aromatic N) is 4. The van der Waals surface area contributed by atoms with Gasteiger partial charge in [-0.1, -0.05) is 28.9 Å². The summed E-state index contributed by atoms with van der Waals surface area (Å²) in [6.07, 6.45) is 3.75. The quantitative estimate of drug-likeness (QED) is 0.708. The molecule has 150 valence electrons. The molecular weight excluding hydrogens is 382 g/mol. The number of piperidine rings is 1. The van der Waals surface area contributed by atoms with E-state index in [0.29, 0.717) is 31.1 Å². The third kappa shape index (κ3) is 5.30. The highest BCUT2D eigenvalue weighted by atomic mass is 35.5. The van der Waals surface area contributed by atoms with E-state index >= 15 is 0 Å². The molecule has 1 fully saturated rings. The van der Waals surface area contributed by atoms with Gasteiger partial charge in [0.15, 0.2) is 5.69 Å².